The number of amides is 3. The summed E-state index contributed by atoms with van der Waals surface area (Å²) in [6, 6.07) is -4.04. The molecular weight excluding hydrogens is 384 g/mol. The minimum Gasteiger partial charge on any atom is -0.481 e. The lowest BCUT2D eigenvalue weighted by Crippen LogP contribution is -2.56. The third-order valence-corrected chi connectivity index (χ3v) is 4.86. The molecule has 11 heteroatoms. The SMILES string of the molecule is CC(NC(=O)C(N)C(C)C)C(=O)NC(CCC(=O)O)C(=O)N1CCCC1C(=O)O. The summed E-state index contributed by atoms with van der Waals surface area (Å²) in [4.78, 5) is 60.7. The van der Waals surface area contributed by atoms with Gasteiger partial charge in [0.1, 0.15) is 18.1 Å². The molecule has 0 spiro atoms. The van der Waals surface area contributed by atoms with Crippen molar-refractivity contribution in [2.24, 2.45) is 11.7 Å². The van der Waals surface area contributed by atoms with Gasteiger partial charge in [-0.05, 0) is 32.1 Å². The van der Waals surface area contributed by atoms with Gasteiger partial charge in [-0.3, -0.25) is 19.2 Å². The fraction of sp³-hybridized carbons (Fsp3) is 0.722. The van der Waals surface area contributed by atoms with Crippen LogP contribution >= 0.6 is 0 Å². The fourth-order valence-electron chi connectivity index (χ4n) is 2.99. The summed E-state index contributed by atoms with van der Waals surface area (Å²) in [5.41, 5.74) is 5.74. The van der Waals surface area contributed by atoms with Crippen LogP contribution < -0.4 is 16.4 Å². The maximum absolute atomic E-state index is 12.8. The molecule has 4 atom stereocenters. The van der Waals surface area contributed by atoms with Gasteiger partial charge in [0.15, 0.2) is 0 Å². The molecule has 164 valence electrons. The summed E-state index contributed by atoms with van der Waals surface area (Å²) < 4.78 is 0. The first kappa shape index (κ1) is 24.3. The van der Waals surface area contributed by atoms with Crippen molar-refractivity contribution in [2.75, 3.05) is 6.54 Å². The summed E-state index contributed by atoms with van der Waals surface area (Å²) in [5.74, 6) is -4.31. The van der Waals surface area contributed by atoms with Crippen LogP contribution in [0.5, 0.6) is 0 Å². The molecule has 0 aliphatic carbocycles. The predicted octanol–water partition coefficient (Wildman–Crippen LogP) is -1.10. The number of rotatable bonds is 10. The number of hydrogen-bond donors (Lipinski definition) is 5. The lowest BCUT2D eigenvalue weighted by Gasteiger charge is -2.28. The first-order valence-electron chi connectivity index (χ1n) is 9.57. The average molecular weight is 414 g/mol. The molecular formula is C18H30N4O7. The molecule has 0 aromatic heterocycles. The molecule has 3 amide bonds. The van der Waals surface area contributed by atoms with Crippen LogP contribution in [0, 0.1) is 5.92 Å². The Hall–Kier alpha value is -2.69. The quantitative estimate of drug-likeness (QED) is 0.299. The second-order valence-corrected chi connectivity index (χ2v) is 7.52. The highest BCUT2D eigenvalue weighted by Gasteiger charge is 2.38. The van der Waals surface area contributed by atoms with Crippen molar-refractivity contribution in [3.63, 3.8) is 0 Å². The zero-order valence-corrected chi connectivity index (χ0v) is 16.9. The largest absolute Gasteiger partial charge is 0.481 e. The molecule has 1 heterocycles. The van der Waals surface area contributed by atoms with Crippen LogP contribution in [0.3, 0.4) is 0 Å². The third kappa shape index (κ3) is 7.00. The number of carboxylic acids is 2. The Morgan fingerprint density at radius 3 is 2.21 bits per heavy atom. The maximum Gasteiger partial charge on any atom is 0.326 e. The third-order valence-electron chi connectivity index (χ3n) is 4.86. The highest BCUT2D eigenvalue weighted by atomic mass is 16.4. The molecule has 11 nitrogen and oxygen atoms in total. The number of carbonyl (C=O) groups is 5. The molecule has 0 radical (unpaired) electrons. The van der Waals surface area contributed by atoms with Crippen LogP contribution in [-0.4, -0.2) is 75.5 Å². The number of carboxylic acid groups (broad SMARTS) is 2. The molecule has 29 heavy (non-hydrogen) atoms. The molecule has 0 aromatic rings. The summed E-state index contributed by atoms with van der Waals surface area (Å²) >= 11 is 0. The van der Waals surface area contributed by atoms with Crippen molar-refractivity contribution in [1.82, 2.24) is 15.5 Å². The van der Waals surface area contributed by atoms with Crippen LogP contribution in [0.2, 0.25) is 0 Å². The van der Waals surface area contributed by atoms with Gasteiger partial charge in [-0.2, -0.15) is 0 Å². The van der Waals surface area contributed by atoms with Crippen molar-refractivity contribution in [1.29, 1.82) is 0 Å². The Balaban J connectivity index is 2.85. The Morgan fingerprint density at radius 2 is 1.69 bits per heavy atom. The van der Waals surface area contributed by atoms with Gasteiger partial charge in [0.25, 0.3) is 0 Å². The molecule has 1 aliphatic heterocycles. The van der Waals surface area contributed by atoms with Gasteiger partial charge in [-0.15, -0.1) is 0 Å². The first-order valence-corrected chi connectivity index (χ1v) is 9.57. The molecule has 1 aliphatic rings. The number of nitrogens with one attached hydrogen (secondary N) is 2. The number of hydrogen-bond acceptors (Lipinski definition) is 6. The predicted molar refractivity (Wildman–Crippen MR) is 102 cm³/mol. The fourth-order valence-corrected chi connectivity index (χ4v) is 2.99. The lowest BCUT2D eigenvalue weighted by molar-refractivity contribution is -0.150. The molecule has 1 saturated heterocycles. The van der Waals surface area contributed by atoms with Crippen LogP contribution in [0.25, 0.3) is 0 Å². The first-order chi connectivity index (χ1) is 13.5. The van der Waals surface area contributed by atoms with Gasteiger partial charge in [0.2, 0.25) is 17.7 Å². The molecule has 1 rings (SSSR count). The topological polar surface area (TPSA) is 179 Å². The van der Waals surface area contributed by atoms with Gasteiger partial charge >= 0.3 is 11.9 Å². The number of nitrogens with zero attached hydrogens (tertiary/aromatic N) is 1. The number of likely N-dealkylation sites (tertiary alicyclic amines) is 1. The lowest BCUT2D eigenvalue weighted by atomic mass is 10.0. The molecule has 1 fully saturated rings. The van der Waals surface area contributed by atoms with E-state index in [0.29, 0.717) is 12.8 Å². The second-order valence-electron chi connectivity index (χ2n) is 7.52. The molecule has 6 N–H and O–H groups in total. The normalized spacial score (nSPS) is 19.3. The van der Waals surface area contributed by atoms with E-state index in [4.69, 9.17) is 10.8 Å². The van der Waals surface area contributed by atoms with E-state index < -0.39 is 53.8 Å². The van der Waals surface area contributed by atoms with E-state index in [0.717, 1.165) is 4.90 Å². The molecule has 0 aromatic carbocycles. The summed E-state index contributed by atoms with van der Waals surface area (Å²) in [6.07, 6.45) is 0.207. The van der Waals surface area contributed by atoms with Gasteiger partial charge in [-0.1, -0.05) is 13.8 Å². The van der Waals surface area contributed by atoms with E-state index in [2.05, 4.69) is 10.6 Å². The van der Waals surface area contributed by atoms with Gasteiger partial charge in [0, 0.05) is 13.0 Å². The summed E-state index contributed by atoms with van der Waals surface area (Å²) in [7, 11) is 0. The Morgan fingerprint density at radius 1 is 1.07 bits per heavy atom. The minimum absolute atomic E-state index is 0.140. The van der Waals surface area contributed by atoms with Crippen molar-refractivity contribution in [3.05, 3.63) is 0 Å². The molecule has 0 bridgehead atoms. The number of carbonyl (C=O) groups excluding carboxylic acids is 3. The Kier molecular flexibility index (Phi) is 9.02. The zero-order chi connectivity index (χ0) is 22.3. The van der Waals surface area contributed by atoms with Crippen molar-refractivity contribution in [3.8, 4) is 0 Å². The van der Waals surface area contributed by atoms with Crippen LogP contribution in [0.4, 0.5) is 0 Å². The second kappa shape index (κ2) is 10.7. The van der Waals surface area contributed by atoms with Gasteiger partial charge in [-0.25, -0.2) is 4.79 Å². The van der Waals surface area contributed by atoms with Crippen LogP contribution in [-0.2, 0) is 24.0 Å². The minimum atomic E-state index is -1.21. The van der Waals surface area contributed by atoms with Crippen molar-refractivity contribution in [2.45, 2.75) is 70.6 Å². The smallest absolute Gasteiger partial charge is 0.326 e. The van der Waals surface area contributed by atoms with E-state index in [1.807, 2.05) is 0 Å². The monoisotopic (exact) mass is 414 g/mol. The van der Waals surface area contributed by atoms with Crippen LogP contribution in [0.1, 0.15) is 46.5 Å². The summed E-state index contributed by atoms with van der Waals surface area (Å²) in [6.45, 7) is 5.13. The highest BCUT2D eigenvalue weighted by molar-refractivity contribution is 5.94. The van der Waals surface area contributed by atoms with Crippen molar-refractivity contribution < 1.29 is 34.2 Å². The molecule has 4 unspecified atom stereocenters. The Labute approximate surface area is 169 Å². The van der Waals surface area contributed by atoms with E-state index in [-0.39, 0.29) is 25.3 Å². The standard InChI is InChI=1S/C18H30N4O7/c1-9(2)14(19)16(26)20-10(3)15(25)21-11(6-7-13(23)24)17(27)22-8-4-5-12(22)18(28)29/h9-12,14H,4-8,19H2,1-3H3,(H,20,26)(H,21,25)(H,23,24)(H,28,29). The van der Waals surface area contributed by atoms with E-state index in [1.54, 1.807) is 13.8 Å². The maximum atomic E-state index is 12.8. The Bertz CT molecular complexity index is 652. The molecule has 0 saturated carbocycles. The van der Waals surface area contributed by atoms with E-state index in [1.165, 1.54) is 6.92 Å². The van der Waals surface area contributed by atoms with E-state index in [9.17, 15) is 29.1 Å². The number of nitrogens with two attached hydrogens (primary N) is 1. The highest BCUT2D eigenvalue weighted by Crippen LogP contribution is 2.19. The van der Waals surface area contributed by atoms with Gasteiger partial charge in [0.05, 0.1) is 6.04 Å². The number of aliphatic carboxylic acids is 2. The van der Waals surface area contributed by atoms with Gasteiger partial charge < -0.3 is 31.5 Å². The zero-order valence-electron chi connectivity index (χ0n) is 16.9. The average Bonchev–Trinajstić information content (AvgIpc) is 3.13. The van der Waals surface area contributed by atoms with Crippen LogP contribution in [0.15, 0.2) is 0 Å². The summed E-state index contributed by atoms with van der Waals surface area (Å²) in [5, 5.41) is 23.1. The van der Waals surface area contributed by atoms with E-state index >= 15 is 0 Å². The van der Waals surface area contributed by atoms with Crippen molar-refractivity contribution >= 4 is 29.7 Å².